The first-order valence-corrected chi connectivity index (χ1v) is 6.58. The van der Waals surface area contributed by atoms with Crippen LogP contribution in [0.25, 0.3) is 0 Å². The van der Waals surface area contributed by atoms with Crippen LogP contribution in [0, 0.1) is 0 Å². The van der Waals surface area contributed by atoms with Gasteiger partial charge in [0.1, 0.15) is 6.42 Å². The molecule has 0 aliphatic carbocycles. The first kappa shape index (κ1) is 13.1. The molecule has 1 aliphatic heterocycles. The van der Waals surface area contributed by atoms with E-state index in [0.29, 0.717) is 0 Å². The second kappa shape index (κ2) is 3.81. The van der Waals surface area contributed by atoms with Crippen LogP contribution >= 0.6 is 42.2 Å². The fraction of sp³-hybridized carbons (Fsp3) is 0.667. The van der Waals surface area contributed by atoms with Gasteiger partial charge in [0.25, 0.3) is 3.53 Å². The highest BCUT2D eigenvalue weighted by atomic mass is 35.6. The minimum absolute atomic E-state index is 0.363. The normalized spacial score (nSPS) is 22.2. The molecule has 0 spiro atoms. The fourth-order valence-corrected chi connectivity index (χ4v) is 5.07. The summed E-state index contributed by atoms with van der Waals surface area (Å²) in [7, 11) is -1.34. The van der Waals surface area contributed by atoms with E-state index in [1.54, 1.807) is 0 Å². The molecule has 2 amide bonds. The van der Waals surface area contributed by atoms with Crippen LogP contribution in [0.2, 0.25) is 0 Å². The fourth-order valence-electron chi connectivity index (χ4n) is 1.20. The average Bonchev–Trinajstić information content (AvgIpc) is 2.09. The highest BCUT2D eigenvalue weighted by Crippen LogP contribution is 2.69. The Labute approximate surface area is 102 Å². The number of hydrogen-bond donors (Lipinski definition) is 0. The van der Waals surface area contributed by atoms with E-state index < -0.39 is 22.8 Å². The number of nitrogens with zero attached hydrogens (tertiary/aromatic N) is 2. The minimum atomic E-state index is -3.83. The summed E-state index contributed by atoms with van der Waals surface area (Å²) in [4.78, 5) is 22.7. The van der Waals surface area contributed by atoms with Crippen molar-refractivity contribution in [2.24, 2.45) is 0 Å². The van der Waals surface area contributed by atoms with Crippen molar-refractivity contribution >= 4 is 54.1 Å². The molecule has 0 aromatic rings. The third-order valence-corrected chi connectivity index (χ3v) is 6.88. The summed E-state index contributed by atoms with van der Waals surface area (Å²) >= 11 is 16.7. The quantitative estimate of drug-likeness (QED) is 0.389. The molecular formula is C6H8Cl3N2O3P. The van der Waals surface area contributed by atoms with Gasteiger partial charge in [-0.1, -0.05) is 34.8 Å². The van der Waals surface area contributed by atoms with Crippen LogP contribution in [0.15, 0.2) is 0 Å². The standard InChI is InChI=1S/C6H8Cl3N2O3P/c1-10-4(12)3-5(13)11(2)15(10,14)6(7,8)9/h3H2,1-2H3. The molecule has 1 heterocycles. The topological polar surface area (TPSA) is 57.7 Å². The molecule has 86 valence electrons. The molecule has 0 saturated carbocycles. The van der Waals surface area contributed by atoms with E-state index in [0.717, 1.165) is 9.34 Å². The van der Waals surface area contributed by atoms with Gasteiger partial charge in [-0.15, -0.1) is 0 Å². The maximum absolute atomic E-state index is 12.4. The Kier molecular flexibility index (Phi) is 3.33. The van der Waals surface area contributed by atoms with Crippen molar-refractivity contribution in [3.63, 3.8) is 0 Å². The molecular weight excluding hydrogens is 285 g/mol. The summed E-state index contributed by atoms with van der Waals surface area (Å²) in [5.74, 6) is -1.24. The molecule has 9 heteroatoms. The number of amides is 2. The van der Waals surface area contributed by atoms with Gasteiger partial charge < -0.3 is 0 Å². The van der Waals surface area contributed by atoms with Crippen molar-refractivity contribution in [3.05, 3.63) is 0 Å². The lowest BCUT2D eigenvalue weighted by atomic mass is 10.4. The molecule has 1 rings (SSSR count). The van der Waals surface area contributed by atoms with Crippen LogP contribution in [-0.2, 0) is 14.2 Å². The third kappa shape index (κ3) is 1.86. The van der Waals surface area contributed by atoms with Crippen molar-refractivity contribution in [1.82, 2.24) is 9.34 Å². The van der Waals surface area contributed by atoms with Gasteiger partial charge in [-0.2, -0.15) is 0 Å². The number of hydrogen-bond acceptors (Lipinski definition) is 3. The number of rotatable bonds is 0. The second-order valence-electron chi connectivity index (χ2n) is 3.02. The maximum atomic E-state index is 12.4. The Morgan fingerprint density at radius 2 is 1.47 bits per heavy atom. The molecule has 0 aromatic carbocycles. The van der Waals surface area contributed by atoms with Gasteiger partial charge in [0, 0.05) is 14.1 Å². The predicted octanol–water partition coefficient (Wildman–Crippen LogP) is 1.83. The van der Waals surface area contributed by atoms with Crippen LogP contribution in [0.5, 0.6) is 0 Å². The first-order chi connectivity index (χ1) is 6.62. The monoisotopic (exact) mass is 292 g/mol. The van der Waals surface area contributed by atoms with Gasteiger partial charge in [-0.25, -0.2) is 0 Å². The molecule has 1 saturated heterocycles. The zero-order valence-corrected chi connectivity index (χ0v) is 11.1. The smallest absolute Gasteiger partial charge is 0.276 e. The van der Waals surface area contributed by atoms with Crippen LogP contribution in [0.1, 0.15) is 6.42 Å². The predicted molar refractivity (Wildman–Crippen MR) is 58.1 cm³/mol. The second-order valence-corrected chi connectivity index (χ2v) is 9.05. The molecule has 0 bridgehead atoms. The van der Waals surface area contributed by atoms with E-state index in [9.17, 15) is 14.2 Å². The molecule has 1 aliphatic rings. The van der Waals surface area contributed by atoms with Crippen molar-refractivity contribution in [1.29, 1.82) is 0 Å². The Hall–Kier alpha value is 0.0400. The average molecular weight is 293 g/mol. The summed E-state index contributed by atoms with van der Waals surface area (Å²) in [6.45, 7) is 0. The summed E-state index contributed by atoms with van der Waals surface area (Å²) in [5, 5.41) is 0. The van der Waals surface area contributed by atoms with Crippen LogP contribution in [-0.4, -0.2) is 38.8 Å². The Balaban J connectivity index is 3.30. The zero-order chi connectivity index (χ0) is 12.0. The Morgan fingerprint density at radius 1 is 1.13 bits per heavy atom. The molecule has 15 heavy (non-hydrogen) atoms. The van der Waals surface area contributed by atoms with Gasteiger partial charge in [0.2, 0.25) is 11.8 Å². The molecule has 0 N–H and O–H groups in total. The van der Waals surface area contributed by atoms with E-state index in [-0.39, 0.29) is 6.42 Å². The summed E-state index contributed by atoms with van der Waals surface area (Å²) in [5.41, 5.74) is 0. The lowest BCUT2D eigenvalue weighted by Crippen LogP contribution is -2.46. The lowest BCUT2D eigenvalue weighted by molar-refractivity contribution is -0.137. The molecule has 1 fully saturated rings. The molecule has 0 radical (unpaired) electrons. The number of alkyl halides is 3. The van der Waals surface area contributed by atoms with Gasteiger partial charge in [-0.3, -0.25) is 23.5 Å². The molecule has 5 nitrogen and oxygen atoms in total. The van der Waals surface area contributed by atoms with Crippen LogP contribution in [0.3, 0.4) is 0 Å². The van der Waals surface area contributed by atoms with Crippen LogP contribution in [0.4, 0.5) is 0 Å². The number of halogens is 3. The Morgan fingerprint density at radius 3 is 1.73 bits per heavy atom. The van der Waals surface area contributed by atoms with Crippen LogP contribution < -0.4 is 0 Å². The zero-order valence-electron chi connectivity index (χ0n) is 7.91. The first-order valence-electron chi connectivity index (χ1n) is 3.83. The van der Waals surface area contributed by atoms with Crippen molar-refractivity contribution < 1.29 is 14.2 Å². The number of carbonyl (C=O) groups excluding carboxylic acids is 2. The summed E-state index contributed by atoms with van der Waals surface area (Å²) in [6, 6.07) is 0. The highest BCUT2D eigenvalue weighted by Gasteiger charge is 2.57. The van der Waals surface area contributed by atoms with Gasteiger partial charge >= 0.3 is 7.44 Å². The van der Waals surface area contributed by atoms with E-state index in [4.69, 9.17) is 34.8 Å². The molecule has 0 unspecified atom stereocenters. The van der Waals surface area contributed by atoms with Crippen molar-refractivity contribution in [2.75, 3.05) is 14.1 Å². The van der Waals surface area contributed by atoms with E-state index in [1.165, 1.54) is 14.1 Å². The molecule has 0 aromatic heterocycles. The van der Waals surface area contributed by atoms with E-state index >= 15 is 0 Å². The summed E-state index contributed by atoms with van der Waals surface area (Å²) in [6.07, 6.45) is -0.363. The van der Waals surface area contributed by atoms with Crippen molar-refractivity contribution in [3.8, 4) is 0 Å². The maximum Gasteiger partial charge on any atom is 0.317 e. The van der Waals surface area contributed by atoms with E-state index in [2.05, 4.69) is 0 Å². The van der Waals surface area contributed by atoms with E-state index in [1.807, 2.05) is 0 Å². The van der Waals surface area contributed by atoms with Gasteiger partial charge in [0.05, 0.1) is 0 Å². The Bertz CT molecular complexity index is 343. The third-order valence-electron chi connectivity index (χ3n) is 2.17. The largest absolute Gasteiger partial charge is 0.317 e. The van der Waals surface area contributed by atoms with Gasteiger partial charge in [-0.05, 0) is 0 Å². The van der Waals surface area contributed by atoms with Crippen molar-refractivity contribution in [2.45, 2.75) is 9.95 Å². The number of carbonyl (C=O) groups is 2. The lowest BCUT2D eigenvalue weighted by Gasteiger charge is -2.41. The van der Waals surface area contributed by atoms with Gasteiger partial charge in [0.15, 0.2) is 0 Å². The minimum Gasteiger partial charge on any atom is -0.276 e. The highest BCUT2D eigenvalue weighted by molar-refractivity contribution is 7.68. The SMILES string of the molecule is CN1C(=O)CC(=O)N(C)P1(=O)C(Cl)(Cl)Cl. The summed E-state index contributed by atoms with van der Waals surface area (Å²) < 4.78 is 11.8. The molecule has 0 atom stereocenters.